The van der Waals surface area contributed by atoms with Gasteiger partial charge in [0.25, 0.3) is 11.6 Å². The Morgan fingerprint density at radius 1 is 1.57 bits per heavy atom. The van der Waals surface area contributed by atoms with Gasteiger partial charge in [-0.3, -0.25) is 14.9 Å². The Labute approximate surface area is 120 Å². The molecule has 0 spiro atoms. The molecule has 7 nitrogen and oxygen atoms in total. The summed E-state index contributed by atoms with van der Waals surface area (Å²) in [5.41, 5.74) is 3.61. The number of carbonyl (C=O) groups excluding carboxylic acids is 1. The number of nitro benzene ring substituents is 1. The Balaban J connectivity index is 2.30. The zero-order chi connectivity index (χ0) is 15.6. The van der Waals surface area contributed by atoms with Crippen molar-refractivity contribution in [1.82, 2.24) is 5.32 Å². The largest absolute Gasteiger partial charge is 0.396 e. The summed E-state index contributed by atoms with van der Waals surface area (Å²) in [5.74, 6) is -1.59. The van der Waals surface area contributed by atoms with E-state index >= 15 is 0 Å². The first kappa shape index (κ1) is 15.2. The number of nitrogens with zero attached hydrogens (tertiary/aromatic N) is 1. The van der Waals surface area contributed by atoms with E-state index in [4.69, 9.17) is 10.5 Å². The van der Waals surface area contributed by atoms with Gasteiger partial charge in [0.15, 0.2) is 5.82 Å². The van der Waals surface area contributed by atoms with Gasteiger partial charge in [0, 0.05) is 6.61 Å². The summed E-state index contributed by atoms with van der Waals surface area (Å²) in [5, 5.41) is 13.7. The van der Waals surface area contributed by atoms with Crippen molar-refractivity contribution in [3.63, 3.8) is 0 Å². The second-order valence-corrected chi connectivity index (χ2v) is 5.32. The van der Waals surface area contributed by atoms with Gasteiger partial charge >= 0.3 is 0 Å². The standard InChI is InChI=1S/C13H16FN3O4/c1-13(3-2-4-21-7-13)16-12(18)8-5-10(15)9(14)6-11(8)17(19)20/h5-6H,2-4,7,15H2,1H3,(H,16,18). The number of hydrogen-bond acceptors (Lipinski definition) is 5. The van der Waals surface area contributed by atoms with Gasteiger partial charge in [-0.05, 0) is 25.8 Å². The zero-order valence-corrected chi connectivity index (χ0v) is 11.5. The lowest BCUT2D eigenvalue weighted by Crippen LogP contribution is -2.51. The molecule has 1 fully saturated rings. The molecule has 114 valence electrons. The van der Waals surface area contributed by atoms with Crippen molar-refractivity contribution >= 4 is 17.3 Å². The minimum absolute atomic E-state index is 0.259. The van der Waals surface area contributed by atoms with Crippen LogP contribution in [0.2, 0.25) is 0 Å². The molecule has 0 aromatic heterocycles. The molecule has 0 saturated carbocycles. The smallest absolute Gasteiger partial charge is 0.285 e. The summed E-state index contributed by atoms with van der Waals surface area (Å²) in [7, 11) is 0. The summed E-state index contributed by atoms with van der Waals surface area (Å²) in [6.45, 7) is 2.74. The second kappa shape index (κ2) is 5.65. The summed E-state index contributed by atoms with van der Waals surface area (Å²) in [6.07, 6.45) is 1.48. The number of halogens is 1. The van der Waals surface area contributed by atoms with Crippen LogP contribution in [0.25, 0.3) is 0 Å². The first-order chi connectivity index (χ1) is 9.82. The van der Waals surface area contributed by atoms with Crippen molar-refractivity contribution in [2.75, 3.05) is 18.9 Å². The van der Waals surface area contributed by atoms with E-state index in [0.717, 1.165) is 12.5 Å². The third-order valence-corrected chi connectivity index (χ3v) is 3.41. The fourth-order valence-electron chi connectivity index (χ4n) is 2.29. The van der Waals surface area contributed by atoms with Gasteiger partial charge in [0.05, 0.1) is 28.8 Å². The van der Waals surface area contributed by atoms with E-state index in [1.54, 1.807) is 6.92 Å². The molecule has 1 aromatic rings. The fraction of sp³-hybridized carbons (Fsp3) is 0.462. The number of nitrogen functional groups attached to an aromatic ring is 1. The van der Waals surface area contributed by atoms with Gasteiger partial charge in [0.1, 0.15) is 5.56 Å². The van der Waals surface area contributed by atoms with E-state index < -0.39 is 27.9 Å². The molecule has 1 aliphatic rings. The number of hydrogen-bond donors (Lipinski definition) is 2. The predicted octanol–water partition coefficient (Wildman–Crippen LogP) is 1.61. The van der Waals surface area contributed by atoms with Crippen LogP contribution < -0.4 is 11.1 Å². The van der Waals surface area contributed by atoms with Crippen LogP contribution >= 0.6 is 0 Å². The molecule has 0 aliphatic carbocycles. The topological polar surface area (TPSA) is 107 Å². The van der Waals surface area contributed by atoms with E-state index in [0.29, 0.717) is 25.7 Å². The number of nitrogens with one attached hydrogen (secondary N) is 1. The van der Waals surface area contributed by atoms with Crippen molar-refractivity contribution in [2.24, 2.45) is 0 Å². The number of nitro groups is 1. The maximum Gasteiger partial charge on any atom is 0.285 e. The molecule has 1 atom stereocenters. The van der Waals surface area contributed by atoms with Crippen LogP contribution in [-0.4, -0.2) is 29.6 Å². The summed E-state index contributed by atoms with van der Waals surface area (Å²) >= 11 is 0. The molecular formula is C13H16FN3O4. The molecule has 21 heavy (non-hydrogen) atoms. The van der Waals surface area contributed by atoms with Crippen molar-refractivity contribution in [3.05, 3.63) is 33.6 Å². The Kier molecular flexibility index (Phi) is 4.08. The Hall–Kier alpha value is -2.22. The molecule has 1 aliphatic heterocycles. The van der Waals surface area contributed by atoms with E-state index in [2.05, 4.69) is 5.32 Å². The van der Waals surface area contributed by atoms with E-state index in [1.165, 1.54) is 0 Å². The maximum atomic E-state index is 13.3. The molecule has 0 bridgehead atoms. The van der Waals surface area contributed by atoms with Crippen molar-refractivity contribution in [1.29, 1.82) is 0 Å². The van der Waals surface area contributed by atoms with Crippen LogP contribution in [0.1, 0.15) is 30.1 Å². The van der Waals surface area contributed by atoms with Gasteiger partial charge in [0.2, 0.25) is 0 Å². The Morgan fingerprint density at radius 3 is 2.86 bits per heavy atom. The molecule has 1 heterocycles. The second-order valence-electron chi connectivity index (χ2n) is 5.32. The summed E-state index contributed by atoms with van der Waals surface area (Å²) < 4.78 is 18.6. The average molecular weight is 297 g/mol. The van der Waals surface area contributed by atoms with Crippen LogP contribution in [0, 0.1) is 15.9 Å². The molecule has 1 saturated heterocycles. The van der Waals surface area contributed by atoms with Gasteiger partial charge in [-0.2, -0.15) is 0 Å². The number of carbonyl (C=O) groups is 1. The van der Waals surface area contributed by atoms with Crippen LogP contribution in [0.15, 0.2) is 12.1 Å². The summed E-state index contributed by atoms with van der Waals surface area (Å²) in [4.78, 5) is 22.4. The highest BCUT2D eigenvalue weighted by Crippen LogP contribution is 2.26. The van der Waals surface area contributed by atoms with Crippen molar-refractivity contribution in [3.8, 4) is 0 Å². The third-order valence-electron chi connectivity index (χ3n) is 3.41. The molecule has 1 unspecified atom stereocenters. The van der Waals surface area contributed by atoms with Gasteiger partial charge in [-0.15, -0.1) is 0 Å². The highest BCUT2D eigenvalue weighted by Gasteiger charge is 2.32. The maximum absolute atomic E-state index is 13.3. The highest BCUT2D eigenvalue weighted by molar-refractivity contribution is 5.99. The molecule has 2 rings (SSSR count). The van der Waals surface area contributed by atoms with Crippen molar-refractivity contribution in [2.45, 2.75) is 25.3 Å². The molecule has 1 amide bonds. The van der Waals surface area contributed by atoms with Gasteiger partial charge < -0.3 is 15.8 Å². The Morgan fingerprint density at radius 2 is 2.29 bits per heavy atom. The van der Waals surface area contributed by atoms with Gasteiger partial charge in [-0.25, -0.2) is 4.39 Å². The van der Waals surface area contributed by atoms with Crippen molar-refractivity contribution < 1.29 is 18.8 Å². The first-order valence-electron chi connectivity index (χ1n) is 6.46. The zero-order valence-electron chi connectivity index (χ0n) is 11.5. The number of amides is 1. The highest BCUT2D eigenvalue weighted by atomic mass is 19.1. The average Bonchev–Trinajstić information content (AvgIpc) is 2.41. The molecule has 3 N–H and O–H groups in total. The number of nitrogens with two attached hydrogens (primary N) is 1. The predicted molar refractivity (Wildman–Crippen MR) is 73.4 cm³/mol. The monoisotopic (exact) mass is 297 g/mol. The minimum atomic E-state index is -0.925. The molecule has 0 radical (unpaired) electrons. The number of ether oxygens (including phenoxy) is 1. The number of anilines is 1. The number of benzene rings is 1. The lowest BCUT2D eigenvalue weighted by molar-refractivity contribution is -0.385. The minimum Gasteiger partial charge on any atom is -0.396 e. The van der Waals surface area contributed by atoms with Crippen LogP contribution in [0.5, 0.6) is 0 Å². The van der Waals surface area contributed by atoms with E-state index in [-0.39, 0.29) is 11.3 Å². The summed E-state index contributed by atoms with van der Waals surface area (Å²) in [6, 6.07) is 1.64. The fourth-order valence-corrected chi connectivity index (χ4v) is 2.29. The molecule has 8 heteroatoms. The molecule has 1 aromatic carbocycles. The van der Waals surface area contributed by atoms with E-state index in [1.807, 2.05) is 0 Å². The van der Waals surface area contributed by atoms with Crippen LogP contribution in [-0.2, 0) is 4.74 Å². The quantitative estimate of drug-likeness (QED) is 0.500. The number of rotatable bonds is 3. The normalized spacial score (nSPS) is 21.8. The van der Waals surface area contributed by atoms with Crippen LogP contribution in [0.4, 0.5) is 15.8 Å². The van der Waals surface area contributed by atoms with Crippen LogP contribution in [0.3, 0.4) is 0 Å². The lowest BCUT2D eigenvalue weighted by Gasteiger charge is -2.34. The SMILES string of the molecule is CC1(NC(=O)c2cc(N)c(F)cc2[N+](=O)[O-])CCCOC1. The Bertz CT molecular complexity index is 585. The first-order valence-corrected chi connectivity index (χ1v) is 6.46. The lowest BCUT2D eigenvalue weighted by atomic mass is 9.94. The van der Waals surface area contributed by atoms with E-state index in [9.17, 15) is 19.3 Å². The molecular weight excluding hydrogens is 281 g/mol. The third kappa shape index (κ3) is 3.27. The van der Waals surface area contributed by atoms with Gasteiger partial charge in [-0.1, -0.05) is 0 Å².